The summed E-state index contributed by atoms with van der Waals surface area (Å²) in [6, 6.07) is 0.196. The monoisotopic (exact) mass is 304 g/mol. The van der Waals surface area contributed by atoms with Crippen LogP contribution in [0.1, 0.15) is 34.1 Å². The molecule has 104 valence electrons. The van der Waals surface area contributed by atoms with Crippen LogP contribution in [0, 0.1) is 20.8 Å². The van der Waals surface area contributed by atoms with Gasteiger partial charge in [0.1, 0.15) is 12.1 Å². The van der Waals surface area contributed by atoms with Crippen molar-refractivity contribution >= 4 is 38.7 Å². The molecule has 3 heterocycles. The number of aromatic nitrogens is 3. The van der Waals surface area contributed by atoms with Crippen molar-refractivity contribution in [2.24, 2.45) is 0 Å². The van der Waals surface area contributed by atoms with Crippen LogP contribution in [0.4, 0.5) is 5.82 Å². The molecule has 0 spiro atoms. The van der Waals surface area contributed by atoms with Crippen molar-refractivity contribution < 1.29 is 0 Å². The summed E-state index contributed by atoms with van der Waals surface area (Å²) in [7, 11) is 0. The van der Waals surface area contributed by atoms with Crippen molar-refractivity contribution in [1.29, 1.82) is 0 Å². The molecule has 3 aromatic heterocycles. The Morgan fingerprint density at radius 1 is 1.20 bits per heavy atom. The number of thiophene rings is 1. The number of nitrogens with zero attached hydrogens (tertiary/aromatic N) is 3. The quantitative estimate of drug-likeness (QED) is 0.786. The van der Waals surface area contributed by atoms with Gasteiger partial charge in [0.2, 0.25) is 0 Å². The Morgan fingerprint density at radius 3 is 2.70 bits per heavy atom. The average Bonchev–Trinajstić information content (AvgIpc) is 2.94. The first-order chi connectivity index (χ1) is 9.56. The van der Waals surface area contributed by atoms with Crippen molar-refractivity contribution in [2.45, 2.75) is 33.7 Å². The highest BCUT2D eigenvalue weighted by Crippen LogP contribution is 2.32. The first-order valence-corrected chi connectivity index (χ1v) is 8.15. The molecule has 0 aromatic carbocycles. The minimum Gasteiger partial charge on any atom is -0.361 e. The molecule has 0 radical (unpaired) electrons. The van der Waals surface area contributed by atoms with Gasteiger partial charge < -0.3 is 5.32 Å². The molecule has 6 heteroatoms. The fourth-order valence-electron chi connectivity index (χ4n) is 2.29. The van der Waals surface area contributed by atoms with E-state index in [0.717, 1.165) is 26.7 Å². The van der Waals surface area contributed by atoms with Crippen LogP contribution in [-0.2, 0) is 0 Å². The van der Waals surface area contributed by atoms with Crippen LogP contribution in [0.3, 0.4) is 0 Å². The summed E-state index contributed by atoms with van der Waals surface area (Å²) < 4.78 is 1.12. The Balaban J connectivity index is 1.95. The van der Waals surface area contributed by atoms with Crippen molar-refractivity contribution in [3.05, 3.63) is 32.8 Å². The van der Waals surface area contributed by atoms with Gasteiger partial charge in [0.25, 0.3) is 0 Å². The Hall–Kier alpha value is -1.53. The predicted molar refractivity (Wildman–Crippen MR) is 85.8 cm³/mol. The highest BCUT2D eigenvalue weighted by molar-refractivity contribution is 7.18. The third-order valence-corrected chi connectivity index (χ3v) is 5.57. The molecule has 3 aromatic rings. The van der Waals surface area contributed by atoms with Crippen LogP contribution >= 0.6 is 22.7 Å². The fourth-order valence-corrected chi connectivity index (χ4v) is 4.18. The largest absolute Gasteiger partial charge is 0.361 e. The summed E-state index contributed by atoms with van der Waals surface area (Å²) in [6.07, 6.45) is 1.63. The maximum absolute atomic E-state index is 4.49. The van der Waals surface area contributed by atoms with Crippen molar-refractivity contribution in [3.63, 3.8) is 0 Å². The van der Waals surface area contributed by atoms with Gasteiger partial charge in [-0.1, -0.05) is 0 Å². The van der Waals surface area contributed by atoms with Gasteiger partial charge >= 0.3 is 0 Å². The summed E-state index contributed by atoms with van der Waals surface area (Å²) in [4.78, 5) is 14.5. The summed E-state index contributed by atoms with van der Waals surface area (Å²) in [6.45, 7) is 8.32. The molecule has 4 nitrogen and oxygen atoms in total. The van der Waals surface area contributed by atoms with Crippen LogP contribution < -0.4 is 5.32 Å². The van der Waals surface area contributed by atoms with E-state index >= 15 is 0 Å². The van der Waals surface area contributed by atoms with Crippen LogP contribution in [-0.4, -0.2) is 15.0 Å². The van der Waals surface area contributed by atoms with Crippen LogP contribution in [0.5, 0.6) is 0 Å². The van der Waals surface area contributed by atoms with Crippen LogP contribution in [0.25, 0.3) is 10.2 Å². The second-order valence-electron chi connectivity index (χ2n) is 4.87. The minimum absolute atomic E-state index is 0.196. The Labute approximate surface area is 125 Å². The fraction of sp³-hybridized carbons (Fsp3) is 0.357. The molecule has 0 fully saturated rings. The average molecular weight is 304 g/mol. The van der Waals surface area contributed by atoms with E-state index in [1.165, 1.54) is 10.4 Å². The molecule has 0 saturated heterocycles. The summed E-state index contributed by atoms with van der Waals surface area (Å²) in [5.41, 5.74) is 3.34. The summed E-state index contributed by atoms with van der Waals surface area (Å²) in [5, 5.41) is 6.72. The maximum atomic E-state index is 4.49. The number of nitrogens with one attached hydrogen (secondary N) is 1. The summed E-state index contributed by atoms with van der Waals surface area (Å²) in [5.74, 6) is 0.908. The van der Waals surface area contributed by atoms with E-state index in [9.17, 15) is 0 Å². The van der Waals surface area contributed by atoms with E-state index < -0.39 is 0 Å². The lowest BCUT2D eigenvalue weighted by Gasteiger charge is -2.13. The normalized spacial score (nSPS) is 12.8. The van der Waals surface area contributed by atoms with Crippen molar-refractivity contribution in [3.8, 4) is 0 Å². The van der Waals surface area contributed by atoms with Gasteiger partial charge in [0.05, 0.1) is 27.0 Å². The highest BCUT2D eigenvalue weighted by atomic mass is 32.1. The van der Waals surface area contributed by atoms with E-state index in [2.05, 4.69) is 46.4 Å². The van der Waals surface area contributed by atoms with Gasteiger partial charge in [-0.05, 0) is 38.6 Å². The first-order valence-electron chi connectivity index (χ1n) is 6.45. The third-order valence-electron chi connectivity index (χ3n) is 3.22. The van der Waals surface area contributed by atoms with Crippen LogP contribution in [0.2, 0.25) is 0 Å². The molecule has 0 saturated carbocycles. The molecule has 1 unspecified atom stereocenters. The number of thiazole rings is 1. The molecule has 0 aliphatic rings. The van der Waals surface area contributed by atoms with Crippen molar-refractivity contribution in [2.75, 3.05) is 5.32 Å². The zero-order valence-electron chi connectivity index (χ0n) is 11.9. The highest BCUT2D eigenvalue weighted by Gasteiger charge is 2.15. The van der Waals surface area contributed by atoms with Gasteiger partial charge in [-0.3, -0.25) is 0 Å². The maximum Gasteiger partial charge on any atom is 0.147 e. The number of fused-ring (bicyclic) bond motifs is 1. The number of hydrogen-bond donors (Lipinski definition) is 1. The molecular weight excluding hydrogens is 288 g/mol. The standard InChI is InChI=1S/C14H16N4S2/c1-7-5-19-13-11(7)15-6-16-14(13)18-9(3)12-8(2)17-10(4)20-12/h5-6,9H,1-4H3,(H,15,16,18). The first kappa shape index (κ1) is 13.5. The molecule has 1 N–H and O–H groups in total. The molecule has 20 heavy (non-hydrogen) atoms. The molecule has 0 bridgehead atoms. The zero-order chi connectivity index (χ0) is 14.3. The van der Waals surface area contributed by atoms with Gasteiger partial charge in [-0.2, -0.15) is 0 Å². The number of aryl methyl sites for hydroxylation is 3. The van der Waals surface area contributed by atoms with E-state index in [1.807, 2.05) is 6.92 Å². The second kappa shape index (κ2) is 5.10. The number of anilines is 1. The Morgan fingerprint density at radius 2 is 2.00 bits per heavy atom. The Bertz CT molecular complexity index is 760. The van der Waals surface area contributed by atoms with Crippen LogP contribution in [0.15, 0.2) is 11.7 Å². The third kappa shape index (κ3) is 2.29. The number of hydrogen-bond acceptors (Lipinski definition) is 6. The summed E-state index contributed by atoms with van der Waals surface area (Å²) >= 11 is 3.43. The smallest absolute Gasteiger partial charge is 0.147 e. The lowest BCUT2D eigenvalue weighted by atomic mass is 10.2. The van der Waals surface area contributed by atoms with Gasteiger partial charge in [-0.25, -0.2) is 15.0 Å². The lowest BCUT2D eigenvalue weighted by Crippen LogP contribution is -2.08. The molecule has 0 aliphatic carbocycles. The van der Waals surface area contributed by atoms with Crippen molar-refractivity contribution in [1.82, 2.24) is 15.0 Å². The number of rotatable bonds is 3. The van der Waals surface area contributed by atoms with Gasteiger partial charge in [0.15, 0.2) is 0 Å². The van der Waals surface area contributed by atoms with Gasteiger partial charge in [-0.15, -0.1) is 22.7 Å². The Kier molecular flexibility index (Phi) is 3.43. The molecule has 1 atom stereocenters. The molecular formula is C14H16N4S2. The zero-order valence-corrected chi connectivity index (χ0v) is 13.5. The molecule has 3 rings (SSSR count). The molecule has 0 amide bonds. The van der Waals surface area contributed by atoms with E-state index in [1.54, 1.807) is 29.0 Å². The van der Waals surface area contributed by atoms with Gasteiger partial charge in [0, 0.05) is 4.88 Å². The molecule has 0 aliphatic heterocycles. The van der Waals surface area contributed by atoms with E-state index in [0.29, 0.717) is 0 Å². The van der Waals surface area contributed by atoms with E-state index in [-0.39, 0.29) is 6.04 Å². The second-order valence-corrected chi connectivity index (χ2v) is 6.98. The topological polar surface area (TPSA) is 50.7 Å². The SMILES string of the molecule is Cc1nc(C)c(C(C)Nc2ncnc3c(C)csc23)s1. The minimum atomic E-state index is 0.196. The van der Waals surface area contributed by atoms with E-state index in [4.69, 9.17) is 0 Å². The lowest BCUT2D eigenvalue weighted by molar-refractivity contribution is 0.881. The predicted octanol–water partition coefficient (Wildman–Crippen LogP) is 4.25.